The highest BCUT2D eigenvalue weighted by molar-refractivity contribution is 5.76. The number of aliphatic hydroxyl groups is 8. The van der Waals surface area contributed by atoms with Gasteiger partial charge in [-0.1, -0.05) is 221 Å². The molecule has 79 heavy (non-hydrogen) atoms. The number of aliphatic hydroxyl groups excluding tert-OH is 8. The first-order valence-electron chi connectivity index (χ1n) is 31.3. The highest BCUT2D eigenvalue weighted by atomic mass is 16.7. The van der Waals surface area contributed by atoms with E-state index in [9.17, 15) is 45.6 Å². The van der Waals surface area contributed by atoms with Crippen LogP contribution in [0, 0.1) is 0 Å². The third-order valence-corrected chi connectivity index (χ3v) is 14.8. The average Bonchev–Trinajstić information content (AvgIpc) is 3.55. The molecule has 2 fully saturated rings. The molecule has 2 rings (SSSR count). The first-order chi connectivity index (χ1) is 38.6. The fraction of sp³-hybridized carbons (Fsp3) is 0.769. The first-order valence-corrected chi connectivity index (χ1v) is 31.3. The van der Waals surface area contributed by atoms with Crippen LogP contribution < -0.4 is 5.32 Å². The van der Waals surface area contributed by atoms with E-state index in [1.54, 1.807) is 6.08 Å². The highest BCUT2D eigenvalue weighted by Gasteiger charge is 2.51. The number of ether oxygens (including phenoxy) is 4. The van der Waals surface area contributed by atoms with Gasteiger partial charge >= 0.3 is 0 Å². The van der Waals surface area contributed by atoms with Crippen molar-refractivity contribution in [3.05, 3.63) is 85.1 Å². The molecular weight excluding hydrogens is 1000 g/mol. The summed E-state index contributed by atoms with van der Waals surface area (Å²) in [5.74, 6) is -0.255. The van der Waals surface area contributed by atoms with E-state index in [0.717, 1.165) is 70.6 Å². The van der Waals surface area contributed by atoms with Crippen LogP contribution in [0.5, 0.6) is 0 Å². The molecule has 0 bridgehead atoms. The summed E-state index contributed by atoms with van der Waals surface area (Å²) >= 11 is 0. The zero-order chi connectivity index (χ0) is 57.4. The molecule has 14 nitrogen and oxygen atoms in total. The average molecular weight is 1120 g/mol. The second-order valence-corrected chi connectivity index (χ2v) is 21.8. The summed E-state index contributed by atoms with van der Waals surface area (Å²) in [5, 5.41) is 87.0. The lowest BCUT2D eigenvalue weighted by Gasteiger charge is -2.46. The highest BCUT2D eigenvalue weighted by Crippen LogP contribution is 2.30. The number of amides is 1. The Morgan fingerprint density at radius 3 is 1.39 bits per heavy atom. The minimum Gasteiger partial charge on any atom is -0.394 e. The van der Waals surface area contributed by atoms with Gasteiger partial charge in [0.05, 0.1) is 32.0 Å². The fourth-order valence-electron chi connectivity index (χ4n) is 9.78. The molecule has 2 heterocycles. The Kier molecular flexibility index (Phi) is 45.5. The van der Waals surface area contributed by atoms with Crippen molar-refractivity contribution in [2.45, 2.75) is 299 Å². The third-order valence-electron chi connectivity index (χ3n) is 14.8. The van der Waals surface area contributed by atoms with Gasteiger partial charge in [0.2, 0.25) is 5.91 Å². The van der Waals surface area contributed by atoms with E-state index in [4.69, 9.17) is 18.9 Å². The molecule has 0 radical (unpaired) electrons. The van der Waals surface area contributed by atoms with Crippen LogP contribution in [0.25, 0.3) is 0 Å². The number of carbonyl (C=O) groups excluding carboxylic acids is 1. The van der Waals surface area contributed by atoms with E-state index >= 15 is 0 Å². The molecule has 9 N–H and O–H groups in total. The molecule has 12 unspecified atom stereocenters. The number of unbranched alkanes of at least 4 members (excludes halogenated alkanes) is 24. The molecule has 0 aromatic heterocycles. The van der Waals surface area contributed by atoms with Crippen molar-refractivity contribution in [3.63, 3.8) is 0 Å². The van der Waals surface area contributed by atoms with E-state index in [0.29, 0.717) is 12.8 Å². The number of rotatable bonds is 49. The predicted octanol–water partition coefficient (Wildman–Crippen LogP) is 11.3. The van der Waals surface area contributed by atoms with Gasteiger partial charge in [0, 0.05) is 6.42 Å². The standard InChI is InChI=1S/C65H113NO13/c1-3-5-7-9-11-13-15-17-19-20-21-22-23-24-25-26-27-28-29-30-31-32-33-34-35-37-39-41-43-45-47-49-57(70)66-53(54(69)48-46-44-42-40-38-36-18-16-14-12-10-8-6-4-2)52-76-64-62(75)60(73)63(56(51-68)78-64)79-65-61(74)59(72)58(71)55(50-67)77-65/h5,7,11,13-14,16-17,19,21-22,38,40,46,48,53-56,58-65,67-69,71-75H,3-4,6,8-10,12,15,18,20,23-37,39,41-45,47,49-52H2,1-2H3,(H,66,70)/b7-5-,13-11-,16-14+,19-17-,22-21-,40-38+,48-46+. The minimum atomic E-state index is -1.79. The molecule has 0 aromatic rings. The second kappa shape index (κ2) is 49.8. The molecule has 12 atom stereocenters. The predicted molar refractivity (Wildman–Crippen MR) is 318 cm³/mol. The third kappa shape index (κ3) is 35.0. The van der Waals surface area contributed by atoms with Crippen LogP contribution in [-0.4, -0.2) is 140 Å². The van der Waals surface area contributed by atoms with Crippen LogP contribution in [-0.2, 0) is 23.7 Å². The van der Waals surface area contributed by atoms with E-state index in [1.807, 2.05) is 6.08 Å². The van der Waals surface area contributed by atoms with Crippen LogP contribution in [0.4, 0.5) is 0 Å². The molecule has 2 saturated heterocycles. The molecule has 14 heteroatoms. The summed E-state index contributed by atoms with van der Waals surface area (Å²) in [6.45, 7) is 2.63. The summed E-state index contributed by atoms with van der Waals surface area (Å²) in [5.41, 5.74) is 0. The molecule has 2 aliphatic heterocycles. The minimum absolute atomic E-state index is 0.255. The fourth-order valence-corrected chi connectivity index (χ4v) is 9.78. The number of carbonyl (C=O) groups is 1. The summed E-state index contributed by atoms with van der Waals surface area (Å²) < 4.78 is 22.7. The topological polar surface area (TPSA) is 228 Å². The summed E-state index contributed by atoms with van der Waals surface area (Å²) in [6, 6.07) is -0.940. The van der Waals surface area contributed by atoms with Crippen molar-refractivity contribution in [1.82, 2.24) is 5.32 Å². The Hall–Kier alpha value is -2.83. The lowest BCUT2D eigenvalue weighted by molar-refractivity contribution is -0.359. The number of hydrogen-bond acceptors (Lipinski definition) is 13. The zero-order valence-electron chi connectivity index (χ0n) is 49.1. The van der Waals surface area contributed by atoms with Gasteiger partial charge in [-0.25, -0.2) is 0 Å². The van der Waals surface area contributed by atoms with E-state index < -0.39 is 86.8 Å². The van der Waals surface area contributed by atoms with Gasteiger partial charge in [-0.2, -0.15) is 0 Å². The molecule has 456 valence electrons. The monoisotopic (exact) mass is 1120 g/mol. The first kappa shape index (κ1) is 72.3. The van der Waals surface area contributed by atoms with Gasteiger partial charge < -0.3 is 65.1 Å². The second-order valence-electron chi connectivity index (χ2n) is 21.8. The Labute approximate surface area is 478 Å². The van der Waals surface area contributed by atoms with Crippen LogP contribution in [0.3, 0.4) is 0 Å². The van der Waals surface area contributed by atoms with Crippen LogP contribution in [0.15, 0.2) is 85.1 Å². The van der Waals surface area contributed by atoms with Crippen molar-refractivity contribution < 1.29 is 64.6 Å². The van der Waals surface area contributed by atoms with Gasteiger partial charge in [0.1, 0.15) is 48.8 Å². The van der Waals surface area contributed by atoms with Crippen molar-refractivity contribution in [2.24, 2.45) is 0 Å². The zero-order valence-corrected chi connectivity index (χ0v) is 49.1. The van der Waals surface area contributed by atoms with Crippen molar-refractivity contribution in [2.75, 3.05) is 19.8 Å². The summed E-state index contributed by atoms with van der Waals surface area (Å²) in [6.07, 6.45) is 50.7. The largest absolute Gasteiger partial charge is 0.394 e. The molecule has 0 aromatic carbocycles. The number of hydrogen-bond donors (Lipinski definition) is 9. The molecule has 2 aliphatic rings. The Balaban J connectivity index is 1.67. The maximum Gasteiger partial charge on any atom is 0.220 e. The lowest BCUT2D eigenvalue weighted by Crippen LogP contribution is -2.65. The summed E-state index contributed by atoms with van der Waals surface area (Å²) in [7, 11) is 0. The Morgan fingerprint density at radius 1 is 0.468 bits per heavy atom. The molecular formula is C65H113NO13. The maximum atomic E-state index is 13.3. The quantitative estimate of drug-likeness (QED) is 0.0204. The van der Waals surface area contributed by atoms with Crippen molar-refractivity contribution >= 4 is 5.91 Å². The van der Waals surface area contributed by atoms with E-state index in [2.05, 4.69) is 92.1 Å². The van der Waals surface area contributed by atoms with Crippen molar-refractivity contribution in [3.8, 4) is 0 Å². The van der Waals surface area contributed by atoms with Gasteiger partial charge in [-0.15, -0.1) is 0 Å². The Morgan fingerprint density at radius 2 is 0.886 bits per heavy atom. The van der Waals surface area contributed by atoms with Crippen LogP contribution in [0.2, 0.25) is 0 Å². The van der Waals surface area contributed by atoms with Gasteiger partial charge in [-0.3, -0.25) is 4.79 Å². The van der Waals surface area contributed by atoms with Crippen LogP contribution in [0.1, 0.15) is 226 Å². The molecule has 1 amide bonds. The van der Waals surface area contributed by atoms with Gasteiger partial charge in [-0.05, 0) is 83.5 Å². The number of nitrogens with one attached hydrogen (secondary N) is 1. The van der Waals surface area contributed by atoms with E-state index in [1.165, 1.54) is 122 Å². The molecule has 0 saturated carbocycles. The SMILES string of the molecule is CC/C=C\C/C=C\C/C=C\C/C=C\CCCCCCCCCCCCCCCCCCCCC(=O)NC(COC1OC(CO)C(OC2OC(CO)C(O)C(O)C2O)C(O)C1O)C(O)/C=C/CC/C=C/CC/C=C/CCCCCC. The Bertz CT molecular complexity index is 1650. The molecule has 0 spiro atoms. The smallest absolute Gasteiger partial charge is 0.220 e. The number of allylic oxidation sites excluding steroid dienone is 13. The maximum absolute atomic E-state index is 13.3. The normalized spacial score (nSPS) is 25.0. The van der Waals surface area contributed by atoms with Crippen LogP contribution >= 0.6 is 0 Å². The lowest BCUT2D eigenvalue weighted by atomic mass is 9.97. The summed E-state index contributed by atoms with van der Waals surface area (Å²) in [4.78, 5) is 13.3. The molecule has 0 aliphatic carbocycles. The van der Waals surface area contributed by atoms with Crippen molar-refractivity contribution in [1.29, 1.82) is 0 Å². The van der Waals surface area contributed by atoms with E-state index in [-0.39, 0.29) is 18.9 Å². The van der Waals surface area contributed by atoms with Gasteiger partial charge in [0.15, 0.2) is 12.6 Å². The van der Waals surface area contributed by atoms with Gasteiger partial charge in [0.25, 0.3) is 0 Å².